The molecule has 0 saturated heterocycles. The third-order valence-corrected chi connectivity index (χ3v) is 13.9. The number of hydrogen-bond acceptors (Lipinski definition) is 13. The molecule has 4 rings (SSSR count). The lowest BCUT2D eigenvalue weighted by Crippen LogP contribution is -2.45. The molecular formula is C44H66O17. The molecular weight excluding hydrogens is 800 g/mol. The fourth-order valence-electron chi connectivity index (χ4n) is 9.51. The van der Waals surface area contributed by atoms with E-state index in [4.69, 9.17) is 23.7 Å². The van der Waals surface area contributed by atoms with E-state index in [-0.39, 0.29) is 52.5 Å². The lowest BCUT2D eigenvalue weighted by molar-refractivity contribution is -0.176. The van der Waals surface area contributed by atoms with Gasteiger partial charge in [-0.3, -0.25) is 38.4 Å². The van der Waals surface area contributed by atoms with Crippen molar-refractivity contribution in [3.05, 3.63) is 0 Å². The second-order valence-electron chi connectivity index (χ2n) is 18.0. The summed E-state index contributed by atoms with van der Waals surface area (Å²) >= 11 is 0. The van der Waals surface area contributed by atoms with Crippen LogP contribution in [0, 0.1) is 58.2 Å². The van der Waals surface area contributed by atoms with Gasteiger partial charge in [-0.1, -0.05) is 65.2 Å². The molecule has 0 spiro atoms. The number of aliphatic carboxylic acids is 4. The highest BCUT2D eigenvalue weighted by atomic mass is 16.6. The monoisotopic (exact) mass is 866 g/mol. The number of carboxylic acids is 4. The van der Waals surface area contributed by atoms with Gasteiger partial charge in [-0.2, -0.15) is 0 Å². The maximum atomic E-state index is 13.5. The Balaban J connectivity index is 1.57. The Bertz CT molecular complexity index is 1350. The Morgan fingerprint density at radius 2 is 0.557 bits per heavy atom. The minimum absolute atomic E-state index is 0.215. The van der Waals surface area contributed by atoms with E-state index in [9.17, 15) is 58.8 Å². The quantitative estimate of drug-likeness (QED) is 0.0769. The van der Waals surface area contributed by atoms with E-state index in [2.05, 4.69) is 0 Å². The largest absolute Gasteiger partial charge is 0.481 e. The third-order valence-electron chi connectivity index (χ3n) is 13.9. The van der Waals surface area contributed by atoms with Crippen LogP contribution in [-0.2, 0) is 62.0 Å². The first-order valence-corrected chi connectivity index (χ1v) is 22.2. The molecule has 344 valence electrons. The van der Waals surface area contributed by atoms with Crippen LogP contribution in [-0.4, -0.2) is 108 Å². The molecule has 0 radical (unpaired) electrons. The molecule has 4 saturated carbocycles. The molecule has 0 aromatic rings. The second kappa shape index (κ2) is 23.2. The van der Waals surface area contributed by atoms with E-state index in [0.29, 0.717) is 103 Å². The Kier molecular flexibility index (Phi) is 18.8. The first-order valence-electron chi connectivity index (χ1n) is 22.2. The molecule has 8 atom stereocenters. The van der Waals surface area contributed by atoms with Crippen LogP contribution in [0.25, 0.3) is 0 Å². The van der Waals surface area contributed by atoms with Gasteiger partial charge in [-0.25, -0.2) is 0 Å². The average molecular weight is 867 g/mol. The van der Waals surface area contributed by atoms with Crippen LogP contribution in [0.3, 0.4) is 0 Å². The summed E-state index contributed by atoms with van der Waals surface area (Å²) in [6, 6.07) is 0. The van der Waals surface area contributed by atoms with E-state index in [1.165, 1.54) is 0 Å². The Hall–Kier alpha value is -4.28. The zero-order chi connectivity index (χ0) is 44.7. The smallest absolute Gasteiger partial charge is 0.309 e. The summed E-state index contributed by atoms with van der Waals surface area (Å²) in [6.45, 7) is 1.71. The summed E-state index contributed by atoms with van der Waals surface area (Å²) in [5.74, 6) is -14.4. The van der Waals surface area contributed by atoms with Gasteiger partial charge < -0.3 is 44.1 Å². The van der Waals surface area contributed by atoms with Crippen molar-refractivity contribution >= 4 is 47.8 Å². The number of rotatable bonds is 22. The number of carbonyl (C=O) groups is 8. The van der Waals surface area contributed by atoms with Crippen LogP contribution >= 0.6 is 0 Å². The molecule has 0 aromatic carbocycles. The lowest BCUT2D eigenvalue weighted by Gasteiger charge is -2.37. The van der Waals surface area contributed by atoms with Gasteiger partial charge in [0.2, 0.25) is 0 Å². The van der Waals surface area contributed by atoms with Crippen LogP contribution < -0.4 is 0 Å². The number of carboxylic acid groups (broad SMARTS) is 4. The summed E-state index contributed by atoms with van der Waals surface area (Å²) in [5.41, 5.74) is -2.43. The molecule has 0 aromatic heterocycles. The fourth-order valence-corrected chi connectivity index (χ4v) is 9.51. The highest BCUT2D eigenvalue weighted by Crippen LogP contribution is 2.37. The van der Waals surface area contributed by atoms with Crippen LogP contribution in [0.4, 0.5) is 0 Å². The van der Waals surface area contributed by atoms with Crippen molar-refractivity contribution in [2.75, 3.05) is 39.6 Å². The number of ether oxygens (including phenoxy) is 5. The molecule has 4 fully saturated rings. The molecule has 8 unspecified atom stereocenters. The Labute approximate surface area is 356 Å². The molecule has 0 heterocycles. The van der Waals surface area contributed by atoms with Gasteiger partial charge in [0.15, 0.2) is 0 Å². The molecule has 17 heteroatoms. The predicted octanol–water partition coefficient (Wildman–Crippen LogP) is 5.53. The third kappa shape index (κ3) is 13.4. The Morgan fingerprint density at radius 3 is 0.738 bits per heavy atom. The van der Waals surface area contributed by atoms with Crippen molar-refractivity contribution in [2.45, 2.75) is 129 Å². The van der Waals surface area contributed by atoms with Crippen molar-refractivity contribution in [1.29, 1.82) is 0 Å². The summed E-state index contributed by atoms with van der Waals surface area (Å²) in [7, 11) is 0. The predicted molar refractivity (Wildman–Crippen MR) is 212 cm³/mol. The van der Waals surface area contributed by atoms with Crippen molar-refractivity contribution in [3.8, 4) is 0 Å². The molecule has 0 aliphatic heterocycles. The van der Waals surface area contributed by atoms with Crippen molar-refractivity contribution in [3.63, 3.8) is 0 Å². The molecule has 17 nitrogen and oxygen atoms in total. The highest BCUT2D eigenvalue weighted by molar-refractivity contribution is 5.83. The zero-order valence-electron chi connectivity index (χ0n) is 35.7. The van der Waals surface area contributed by atoms with E-state index in [1.807, 2.05) is 0 Å². The number of esters is 4. The summed E-state index contributed by atoms with van der Waals surface area (Å²) < 4.78 is 29.6. The van der Waals surface area contributed by atoms with Gasteiger partial charge in [-0.05, 0) is 64.2 Å². The first-order chi connectivity index (χ1) is 29.1. The summed E-state index contributed by atoms with van der Waals surface area (Å²) in [4.78, 5) is 102. The van der Waals surface area contributed by atoms with Gasteiger partial charge in [0.05, 0.1) is 71.4 Å². The molecule has 61 heavy (non-hydrogen) atoms. The van der Waals surface area contributed by atoms with Gasteiger partial charge >= 0.3 is 47.8 Å². The minimum atomic E-state index is -1.22. The number of hydrogen-bond donors (Lipinski definition) is 4. The zero-order valence-corrected chi connectivity index (χ0v) is 35.7. The van der Waals surface area contributed by atoms with Crippen molar-refractivity contribution in [1.82, 2.24) is 0 Å². The van der Waals surface area contributed by atoms with Gasteiger partial charge in [0, 0.05) is 0 Å². The second-order valence-corrected chi connectivity index (χ2v) is 18.0. The van der Waals surface area contributed by atoms with Crippen LogP contribution in [0.5, 0.6) is 0 Å². The molecule has 4 aliphatic rings. The van der Waals surface area contributed by atoms with Crippen molar-refractivity contribution in [2.24, 2.45) is 58.2 Å². The average Bonchev–Trinajstić information content (AvgIpc) is 3.27. The summed E-state index contributed by atoms with van der Waals surface area (Å²) in [6.07, 6.45) is 8.30. The van der Waals surface area contributed by atoms with Crippen molar-refractivity contribution < 1.29 is 82.5 Å². The van der Waals surface area contributed by atoms with Crippen LogP contribution in [0.1, 0.15) is 129 Å². The van der Waals surface area contributed by atoms with Gasteiger partial charge in [0.25, 0.3) is 0 Å². The molecule has 0 amide bonds. The standard InChI is InChI=1S/C44H66O17/c1-3-43(23-58-39(53)31-17-9-5-13-27(31)35(45)46,24-59-40(54)32-18-10-6-14-28(32)36(47)48)21-57-22-44(4-2,25-60-41(55)33-19-11-7-15-29(33)37(49)50)26-61-42(56)34-20-12-8-16-30(34)38(51)52/h27-34H,3-26H2,1-2H3,(H,45,46)(H,47,48)(H,49,50)(H,51,52). The fraction of sp³-hybridized carbons (Fsp3) is 0.818. The van der Waals surface area contributed by atoms with E-state index in [1.54, 1.807) is 13.8 Å². The SMILES string of the molecule is CCC(COCC(CC)(COC(=O)C1CCCCC1C(=O)O)COC(=O)C1CCCCC1C(=O)O)(COC(=O)C1CCCCC1C(=O)O)COC(=O)C1CCCCC1C(=O)O. The normalized spacial score (nSPS) is 28.8. The van der Waals surface area contributed by atoms with Crippen LogP contribution in [0.2, 0.25) is 0 Å². The lowest BCUT2D eigenvalue weighted by atomic mass is 9.79. The van der Waals surface area contributed by atoms with E-state index in [0.717, 1.165) is 0 Å². The minimum Gasteiger partial charge on any atom is -0.481 e. The highest BCUT2D eigenvalue weighted by Gasteiger charge is 2.44. The maximum absolute atomic E-state index is 13.5. The van der Waals surface area contributed by atoms with E-state index >= 15 is 0 Å². The molecule has 0 bridgehead atoms. The topological polar surface area (TPSA) is 264 Å². The van der Waals surface area contributed by atoms with Gasteiger partial charge in [0.1, 0.15) is 26.4 Å². The number of carbonyl (C=O) groups excluding carboxylic acids is 4. The molecule has 4 aliphatic carbocycles. The van der Waals surface area contributed by atoms with Crippen LogP contribution in [0.15, 0.2) is 0 Å². The molecule has 4 N–H and O–H groups in total. The Morgan fingerprint density at radius 1 is 0.361 bits per heavy atom. The first kappa shape index (κ1) is 49.4. The summed E-state index contributed by atoms with van der Waals surface area (Å²) in [5, 5.41) is 39.3. The van der Waals surface area contributed by atoms with E-state index < -0.39 is 106 Å². The maximum Gasteiger partial charge on any atom is 0.309 e. The van der Waals surface area contributed by atoms with Gasteiger partial charge in [-0.15, -0.1) is 0 Å².